The summed E-state index contributed by atoms with van der Waals surface area (Å²) in [5, 5.41) is 0.953. The van der Waals surface area contributed by atoms with Crippen molar-refractivity contribution >= 4 is 11.8 Å². The van der Waals surface area contributed by atoms with Crippen molar-refractivity contribution in [3.8, 4) is 0 Å². The number of imidazole rings is 1. The Kier molecular flexibility index (Phi) is 9.75. The number of thioether (sulfide) groups is 1. The highest BCUT2D eigenvalue weighted by Crippen LogP contribution is 2.16. The molecule has 1 aromatic carbocycles. The summed E-state index contributed by atoms with van der Waals surface area (Å²) in [5.74, 6) is 0.906. The number of nitrogens with one attached hydrogen (secondary N) is 1. The molecule has 0 spiro atoms. The molecule has 4 heteroatoms. The van der Waals surface area contributed by atoms with Gasteiger partial charge in [-0.3, -0.25) is 0 Å². The number of aromatic nitrogens is 2. The number of unbranched alkanes of at least 4 members (excludes halogenated alkanes) is 5. The lowest BCUT2D eigenvalue weighted by Crippen LogP contribution is -2.23. The molecule has 2 rings (SSSR count). The average molecular weight is 360 g/mol. The van der Waals surface area contributed by atoms with Crippen molar-refractivity contribution < 1.29 is 0 Å². The number of aromatic amines is 1. The molecule has 138 valence electrons. The van der Waals surface area contributed by atoms with Gasteiger partial charge >= 0.3 is 0 Å². The van der Waals surface area contributed by atoms with Crippen LogP contribution in [0.2, 0.25) is 0 Å². The number of hydrogen-bond donors (Lipinski definition) is 2. The van der Waals surface area contributed by atoms with Crippen LogP contribution in [0, 0.1) is 0 Å². The molecule has 25 heavy (non-hydrogen) atoms. The van der Waals surface area contributed by atoms with E-state index < -0.39 is 0 Å². The lowest BCUT2D eigenvalue weighted by Gasteiger charge is -2.10. The Hall–Kier alpha value is -1.26. The van der Waals surface area contributed by atoms with Crippen LogP contribution in [0.4, 0.5) is 0 Å². The predicted molar refractivity (Wildman–Crippen MR) is 109 cm³/mol. The molecule has 3 nitrogen and oxygen atoms in total. The number of benzene rings is 1. The van der Waals surface area contributed by atoms with Crippen molar-refractivity contribution in [1.29, 1.82) is 0 Å². The van der Waals surface area contributed by atoms with Gasteiger partial charge in [0.15, 0.2) is 5.16 Å². The molecule has 2 aromatic rings. The van der Waals surface area contributed by atoms with E-state index in [9.17, 15) is 0 Å². The van der Waals surface area contributed by atoms with Crippen LogP contribution in [0.15, 0.2) is 41.8 Å². The maximum Gasteiger partial charge on any atom is 0.165 e. The maximum absolute atomic E-state index is 6.22. The minimum absolute atomic E-state index is 0.206. The number of aryl methyl sites for hydroxylation is 2. The van der Waals surface area contributed by atoms with Crippen LogP contribution < -0.4 is 5.73 Å². The zero-order valence-corrected chi connectivity index (χ0v) is 16.4. The summed E-state index contributed by atoms with van der Waals surface area (Å²) < 4.78 is 0. The summed E-state index contributed by atoms with van der Waals surface area (Å²) in [6.45, 7) is 2.27. The summed E-state index contributed by atoms with van der Waals surface area (Å²) in [4.78, 5) is 7.31. The van der Waals surface area contributed by atoms with E-state index >= 15 is 0 Å². The van der Waals surface area contributed by atoms with E-state index in [2.05, 4.69) is 41.2 Å². The molecule has 0 fully saturated rings. The summed E-state index contributed by atoms with van der Waals surface area (Å²) in [6.07, 6.45) is 15.1. The van der Waals surface area contributed by atoms with Crippen LogP contribution in [-0.2, 0) is 12.8 Å². The standard InChI is InChI=1S/C21H33N3S/c1-2-3-4-5-6-7-8-18-9-11-19(12-10-18)13-14-20(22)17-25-21-23-15-16-24-21/h9-12,15-16,20H,2-8,13-14,17,22H2,1H3,(H,23,24). The number of H-pyrrole nitrogens is 1. The van der Waals surface area contributed by atoms with Crippen LogP contribution >= 0.6 is 11.8 Å². The molecule has 0 radical (unpaired) electrons. The van der Waals surface area contributed by atoms with Crippen LogP contribution in [-0.4, -0.2) is 21.8 Å². The van der Waals surface area contributed by atoms with E-state index in [4.69, 9.17) is 5.73 Å². The van der Waals surface area contributed by atoms with Crippen LogP contribution in [0.3, 0.4) is 0 Å². The van der Waals surface area contributed by atoms with Crippen LogP contribution in [0.25, 0.3) is 0 Å². The largest absolute Gasteiger partial charge is 0.340 e. The van der Waals surface area contributed by atoms with Gasteiger partial charge in [-0.2, -0.15) is 0 Å². The van der Waals surface area contributed by atoms with E-state index in [1.54, 1.807) is 18.0 Å². The van der Waals surface area contributed by atoms with Crippen molar-refractivity contribution in [2.24, 2.45) is 5.73 Å². The molecule has 1 aromatic heterocycles. The lowest BCUT2D eigenvalue weighted by atomic mass is 10.0. The van der Waals surface area contributed by atoms with Gasteiger partial charge in [0, 0.05) is 24.2 Å². The van der Waals surface area contributed by atoms with Crippen molar-refractivity contribution in [2.75, 3.05) is 5.75 Å². The highest BCUT2D eigenvalue weighted by Gasteiger charge is 2.06. The molecule has 1 unspecified atom stereocenters. The normalized spacial score (nSPS) is 12.4. The first-order valence-electron chi connectivity index (χ1n) is 9.73. The third kappa shape index (κ3) is 8.59. The van der Waals surface area contributed by atoms with Crippen LogP contribution in [0.5, 0.6) is 0 Å². The first-order chi connectivity index (χ1) is 12.3. The minimum atomic E-state index is 0.206. The number of nitrogens with zero attached hydrogens (tertiary/aromatic N) is 1. The molecule has 3 N–H and O–H groups in total. The van der Waals surface area contributed by atoms with E-state index in [0.29, 0.717) is 0 Å². The Morgan fingerprint density at radius 3 is 2.36 bits per heavy atom. The second kappa shape index (κ2) is 12.2. The molecule has 0 saturated carbocycles. The Morgan fingerprint density at radius 1 is 1.00 bits per heavy atom. The quantitative estimate of drug-likeness (QED) is 0.374. The Labute approximate surface area is 157 Å². The molecule has 0 bridgehead atoms. The number of nitrogens with two attached hydrogens (primary N) is 1. The van der Waals surface area contributed by atoms with Gasteiger partial charge in [-0.25, -0.2) is 4.98 Å². The minimum Gasteiger partial charge on any atom is -0.340 e. The molecule has 0 aliphatic carbocycles. The van der Waals surface area contributed by atoms with Crippen molar-refractivity contribution in [1.82, 2.24) is 9.97 Å². The van der Waals surface area contributed by atoms with Gasteiger partial charge in [-0.05, 0) is 36.8 Å². The third-order valence-corrected chi connectivity index (χ3v) is 5.64. The summed E-state index contributed by atoms with van der Waals surface area (Å²) >= 11 is 1.70. The highest BCUT2D eigenvalue weighted by atomic mass is 32.2. The molecule has 0 amide bonds. The molecular formula is C21H33N3S. The first-order valence-corrected chi connectivity index (χ1v) is 10.7. The van der Waals surface area contributed by atoms with Crippen molar-refractivity contribution in [3.63, 3.8) is 0 Å². The molecule has 1 heterocycles. The second-order valence-corrected chi connectivity index (χ2v) is 7.85. The molecule has 1 atom stereocenters. The zero-order valence-electron chi connectivity index (χ0n) is 15.5. The van der Waals surface area contributed by atoms with Gasteiger partial charge in [-0.1, -0.05) is 75.1 Å². The van der Waals surface area contributed by atoms with Gasteiger partial charge < -0.3 is 10.7 Å². The van der Waals surface area contributed by atoms with Crippen molar-refractivity contribution in [2.45, 2.75) is 75.9 Å². The monoisotopic (exact) mass is 359 g/mol. The van der Waals surface area contributed by atoms with E-state index in [-0.39, 0.29) is 6.04 Å². The van der Waals surface area contributed by atoms with E-state index in [1.165, 1.54) is 56.1 Å². The van der Waals surface area contributed by atoms with Gasteiger partial charge in [0.05, 0.1) is 0 Å². The SMILES string of the molecule is CCCCCCCCc1ccc(CCC(N)CSc2ncc[nH]2)cc1. The summed E-state index contributed by atoms with van der Waals surface area (Å²) in [7, 11) is 0. The zero-order chi connectivity index (χ0) is 17.7. The van der Waals surface area contributed by atoms with Crippen LogP contribution in [0.1, 0.15) is 63.0 Å². The predicted octanol–water partition coefficient (Wildman–Crippen LogP) is 5.36. The maximum atomic E-state index is 6.22. The topological polar surface area (TPSA) is 54.7 Å². The number of hydrogen-bond acceptors (Lipinski definition) is 3. The summed E-state index contributed by atoms with van der Waals surface area (Å²) in [6, 6.07) is 9.35. The lowest BCUT2D eigenvalue weighted by molar-refractivity contribution is 0.607. The third-order valence-electron chi connectivity index (χ3n) is 4.55. The molecule has 0 aliphatic rings. The van der Waals surface area contributed by atoms with E-state index in [1.807, 2.05) is 6.20 Å². The van der Waals surface area contributed by atoms with Gasteiger partial charge in [0.25, 0.3) is 0 Å². The smallest absolute Gasteiger partial charge is 0.165 e. The fourth-order valence-electron chi connectivity index (χ4n) is 2.93. The van der Waals surface area contributed by atoms with Crippen molar-refractivity contribution in [3.05, 3.63) is 47.8 Å². The first kappa shape index (κ1) is 20.1. The second-order valence-electron chi connectivity index (χ2n) is 6.84. The Balaban J connectivity index is 1.59. The molecule has 0 aliphatic heterocycles. The average Bonchev–Trinajstić information content (AvgIpc) is 3.16. The van der Waals surface area contributed by atoms with E-state index in [0.717, 1.165) is 23.8 Å². The fraction of sp³-hybridized carbons (Fsp3) is 0.571. The Morgan fingerprint density at radius 2 is 1.68 bits per heavy atom. The highest BCUT2D eigenvalue weighted by molar-refractivity contribution is 7.99. The summed E-state index contributed by atoms with van der Waals surface area (Å²) in [5.41, 5.74) is 9.08. The van der Waals surface area contributed by atoms with Gasteiger partial charge in [-0.15, -0.1) is 0 Å². The van der Waals surface area contributed by atoms with Gasteiger partial charge in [0.1, 0.15) is 0 Å². The van der Waals surface area contributed by atoms with Gasteiger partial charge in [0.2, 0.25) is 0 Å². The Bertz CT molecular complexity index is 551. The fourth-order valence-corrected chi connectivity index (χ4v) is 3.76. The molecule has 0 saturated heterocycles. The number of rotatable bonds is 13. The molecular weight excluding hydrogens is 326 g/mol.